The van der Waals surface area contributed by atoms with E-state index >= 15 is 0 Å². The number of rotatable bonds is 4. The second kappa shape index (κ2) is 4.59. The number of furan rings is 1. The maximum Gasteiger partial charge on any atom is 0.274 e. The molecule has 2 atom stereocenters. The van der Waals surface area contributed by atoms with Gasteiger partial charge in [0, 0.05) is 6.61 Å². The molecule has 0 saturated carbocycles. The Morgan fingerprint density at radius 3 is 2.76 bits per heavy atom. The number of carbonyl (C=O) groups excluding carboxylic acids is 1. The van der Waals surface area contributed by atoms with Crippen LogP contribution in [-0.2, 0) is 14.8 Å². The third kappa shape index (κ3) is 2.56. The molecule has 0 amide bonds. The molecule has 0 aliphatic carbocycles. The third-order valence-corrected chi connectivity index (χ3v) is 4.03. The summed E-state index contributed by atoms with van der Waals surface area (Å²) in [5.74, 6) is -0.0129. The highest BCUT2D eigenvalue weighted by molar-refractivity contribution is 7.89. The molecular weight excluding hydrogens is 246 g/mol. The molecule has 1 fully saturated rings. The Morgan fingerprint density at radius 1 is 1.47 bits per heavy atom. The quantitative estimate of drug-likeness (QED) is 0.798. The third-order valence-electron chi connectivity index (χ3n) is 2.67. The minimum atomic E-state index is -3.72. The summed E-state index contributed by atoms with van der Waals surface area (Å²) in [7, 11) is -3.72. The van der Waals surface area contributed by atoms with Gasteiger partial charge in [-0.3, -0.25) is 4.79 Å². The fraction of sp³-hybridized carbons (Fsp3) is 0.500. The van der Waals surface area contributed by atoms with Crippen LogP contribution in [0.4, 0.5) is 0 Å². The summed E-state index contributed by atoms with van der Waals surface area (Å²) in [4.78, 5) is 10.4. The van der Waals surface area contributed by atoms with Crippen LogP contribution < -0.4 is 4.72 Å². The van der Waals surface area contributed by atoms with Crippen LogP contribution in [0.5, 0.6) is 0 Å². The summed E-state index contributed by atoms with van der Waals surface area (Å²) in [6.07, 6.45) is 0.924. The standard InChI is InChI=1S/C10H13NO5S/c1-7-9(4-5-15-7)11-17(13,14)10-3-2-8(6-12)16-10/h2-3,6-7,9,11H,4-5H2,1H3. The zero-order chi connectivity index (χ0) is 12.5. The number of ether oxygens (including phenoxy) is 1. The average molecular weight is 259 g/mol. The van der Waals surface area contributed by atoms with Gasteiger partial charge >= 0.3 is 0 Å². The van der Waals surface area contributed by atoms with E-state index in [2.05, 4.69) is 4.72 Å². The second-order valence-corrected chi connectivity index (χ2v) is 5.51. The van der Waals surface area contributed by atoms with Gasteiger partial charge in [0.2, 0.25) is 5.09 Å². The highest BCUT2D eigenvalue weighted by atomic mass is 32.2. The Labute approximate surface area is 99.0 Å². The van der Waals surface area contributed by atoms with Gasteiger partial charge in [0.25, 0.3) is 10.0 Å². The normalized spacial score (nSPS) is 25.0. The van der Waals surface area contributed by atoms with Gasteiger partial charge < -0.3 is 9.15 Å². The van der Waals surface area contributed by atoms with Crippen molar-refractivity contribution in [2.24, 2.45) is 0 Å². The molecule has 1 aromatic heterocycles. The Morgan fingerprint density at radius 2 is 2.24 bits per heavy atom. The van der Waals surface area contributed by atoms with Crippen molar-refractivity contribution in [3.05, 3.63) is 17.9 Å². The Balaban J connectivity index is 2.15. The van der Waals surface area contributed by atoms with Crippen LogP contribution in [-0.4, -0.2) is 33.5 Å². The molecule has 0 spiro atoms. The smallest absolute Gasteiger partial charge is 0.274 e. The van der Waals surface area contributed by atoms with Crippen molar-refractivity contribution in [3.63, 3.8) is 0 Å². The van der Waals surface area contributed by atoms with E-state index in [-0.39, 0.29) is 23.0 Å². The van der Waals surface area contributed by atoms with Crippen molar-refractivity contribution < 1.29 is 22.4 Å². The monoisotopic (exact) mass is 259 g/mol. The van der Waals surface area contributed by atoms with Gasteiger partial charge in [0.1, 0.15) is 0 Å². The van der Waals surface area contributed by atoms with Gasteiger partial charge in [-0.2, -0.15) is 0 Å². The summed E-state index contributed by atoms with van der Waals surface area (Å²) < 4.78 is 36.4. The van der Waals surface area contributed by atoms with Gasteiger partial charge in [0.05, 0.1) is 12.1 Å². The van der Waals surface area contributed by atoms with E-state index < -0.39 is 10.0 Å². The molecule has 2 heterocycles. The molecule has 1 aromatic rings. The Kier molecular flexibility index (Phi) is 3.32. The molecule has 6 nitrogen and oxygen atoms in total. The first-order valence-electron chi connectivity index (χ1n) is 5.22. The number of carbonyl (C=O) groups is 1. The summed E-state index contributed by atoms with van der Waals surface area (Å²) in [5, 5.41) is -0.251. The molecule has 1 N–H and O–H groups in total. The van der Waals surface area contributed by atoms with Gasteiger partial charge in [-0.25, -0.2) is 13.1 Å². The molecule has 17 heavy (non-hydrogen) atoms. The molecule has 94 valence electrons. The van der Waals surface area contributed by atoms with Gasteiger partial charge in [0.15, 0.2) is 12.0 Å². The second-order valence-electron chi connectivity index (χ2n) is 3.87. The Hall–Kier alpha value is -1.18. The lowest BCUT2D eigenvalue weighted by molar-refractivity contribution is 0.109. The molecule has 0 aromatic carbocycles. The van der Waals surface area contributed by atoms with Gasteiger partial charge in [-0.1, -0.05) is 0 Å². The number of hydrogen-bond acceptors (Lipinski definition) is 5. The average Bonchev–Trinajstić information content (AvgIpc) is 2.88. The van der Waals surface area contributed by atoms with E-state index in [0.717, 1.165) is 0 Å². The van der Waals surface area contributed by atoms with E-state index in [4.69, 9.17) is 9.15 Å². The highest BCUT2D eigenvalue weighted by Crippen LogP contribution is 2.18. The zero-order valence-corrected chi connectivity index (χ0v) is 10.1. The molecule has 1 saturated heterocycles. The number of aldehydes is 1. The van der Waals surface area contributed by atoms with Crippen LogP contribution in [0.2, 0.25) is 0 Å². The van der Waals surface area contributed by atoms with Crippen molar-refractivity contribution >= 4 is 16.3 Å². The van der Waals surface area contributed by atoms with Crippen LogP contribution in [0.3, 0.4) is 0 Å². The summed E-state index contributed by atoms with van der Waals surface area (Å²) in [5.41, 5.74) is 0. The van der Waals surface area contributed by atoms with Gasteiger partial charge in [-0.05, 0) is 25.5 Å². The fourth-order valence-corrected chi connectivity index (χ4v) is 2.96. The summed E-state index contributed by atoms with van der Waals surface area (Å²) >= 11 is 0. The predicted octanol–water partition coefficient (Wildman–Crippen LogP) is 0.548. The molecular formula is C10H13NO5S. The largest absolute Gasteiger partial charge is 0.440 e. The van der Waals surface area contributed by atoms with E-state index in [0.29, 0.717) is 19.3 Å². The molecule has 2 rings (SSSR count). The topological polar surface area (TPSA) is 85.6 Å². The molecule has 0 bridgehead atoms. The fourth-order valence-electron chi connectivity index (χ4n) is 1.69. The van der Waals surface area contributed by atoms with Crippen molar-refractivity contribution in [2.75, 3.05) is 6.61 Å². The van der Waals surface area contributed by atoms with Crippen LogP contribution in [0, 0.1) is 0 Å². The minimum Gasteiger partial charge on any atom is -0.440 e. The lowest BCUT2D eigenvalue weighted by Gasteiger charge is -2.14. The maximum absolute atomic E-state index is 11.9. The van der Waals surface area contributed by atoms with Crippen LogP contribution >= 0.6 is 0 Å². The molecule has 7 heteroatoms. The zero-order valence-electron chi connectivity index (χ0n) is 9.25. The lowest BCUT2D eigenvalue weighted by Crippen LogP contribution is -2.38. The van der Waals surface area contributed by atoms with Crippen LogP contribution in [0.15, 0.2) is 21.6 Å². The predicted molar refractivity (Wildman–Crippen MR) is 58.2 cm³/mol. The van der Waals surface area contributed by atoms with E-state index in [1.165, 1.54) is 12.1 Å². The molecule has 0 radical (unpaired) electrons. The van der Waals surface area contributed by atoms with Crippen molar-refractivity contribution in [2.45, 2.75) is 30.6 Å². The van der Waals surface area contributed by atoms with Crippen molar-refractivity contribution in [3.8, 4) is 0 Å². The molecule has 2 unspecified atom stereocenters. The molecule has 1 aliphatic rings. The van der Waals surface area contributed by atoms with Crippen LogP contribution in [0.1, 0.15) is 23.9 Å². The molecule has 1 aliphatic heterocycles. The number of sulfonamides is 1. The van der Waals surface area contributed by atoms with Crippen molar-refractivity contribution in [1.82, 2.24) is 4.72 Å². The summed E-state index contributed by atoms with van der Waals surface area (Å²) in [6, 6.07) is 2.31. The first kappa shape index (κ1) is 12.3. The Bertz CT molecular complexity index is 507. The highest BCUT2D eigenvalue weighted by Gasteiger charge is 2.30. The van der Waals surface area contributed by atoms with E-state index in [9.17, 15) is 13.2 Å². The maximum atomic E-state index is 11.9. The van der Waals surface area contributed by atoms with E-state index in [1.807, 2.05) is 0 Å². The van der Waals surface area contributed by atoms with Gasteiger partial charge in [-0.15, -0.1) is 0 Å². The number of hydrogen-bond donors (Lipinski definition) is 1. The first-order valence-corrected chi connectivity index (χ1v) is 6.70. The number of nitrogens with one attached hydrogen (secondary N) is 1. The SMILES string of the molecule is CC1OCCC1NS(=O)(=O)c1ccc(C=O)o1. The first-order chi connectivity index (χ1) is 8.03. The van der Waals surface area contributed by atoms with E-state index in [1.54, 1.807) is 6.92 Å². The minimum absolute atomic E-state index is 0.0129. The van der Waals surface area contributed by atoms with Crippen LogP contribution in [0.25, 0.3) is 0 Å². The summed E-state index contributed by atoms with van der Waals surface area (Å²) in [6.45, 7) is 2.34. The lowest BCUT2D eigenvalue weighted by atomic mass is 10.2. The van der Waals surface area contributed by atoms with Crippen molar-refractivity contribution in [1.29, 1.82) is 0 Å².